The Kier molecular flexibility index (Phi) is 5.81. The van der Waals surface area contributed by atoms with E-state index >= 15 is 0 Å². The Morgan fingerprint density at radius 2 is 1.71 bits per heavy atom. The number of rotatable bonds is 4. The molecule has 0 bridgehead atoms. The number of hydrogen-bond donors (Lipinski definition) is 1. The van der Waals surface area contributed by atoms with E-state index in [9.17, 15) is 4.79 Å². The smallest absolute Gasteiger partial charge is 0.295 e. The van der Waals surface area contributed by atoms with Crippen molar-refractivity contribution >= 4 is 34.8 Å². The van der Waals surface area contributed by atoms with Crippen molar-refractivity contribution in [2.24, 2.45) is 0 Å². The fraction of sp³-hybridized carbons (Fsp3) is 0.125. The topological polar surface area (TPSA) is 59.8 Å². The standard InChI is InChI=1S/C24H20Cl2N4O/c1-14-6-4-8-17(12-14)23-28-22(24(31)27-21-9-5-7-15(2)16(21)3)29-30(23)18-10-11-19(25)20(26)13-18/h4-13H,1-3H3,(H,27,31). The highest BCUT2D eigenvalue weighted by Gasteiger charge is 2.20. The zero-order valence-corrected chi connectivity index (χ0v) is 18.8. The number of anilines is 1. The van der Waals surface area contributed by atoms with Gasteiger partial charge in [0.15, 0.2) is 5.82 Å². The summed E-state index contributed by atoms with van der Waals surface area (Å²) in [4.78, 5) is 17.6. The quantitative estimate of drug-likeness (QED) is 0.390. The number of hydrogen-bond acceptors (Lipinski definition) is 3. The molecule has 0 saturated heterocycles. The lowest BCUT2D eigenvalue weighted by atomic mass is 10.1. The molecule has 3 aromatic carbocycles. The molecule has 7 heteroatoms. The van der Waals surface area contributed by atoms with E-state index in [0.717, 1.165) is 27.9 Å². The van der Waals surface area contributed by atoms with E-state index in [1.165, 1.54) is 0 Å². The third-order valence-electron chi connectivity index (χ3n) is 5.09. The van der Waals surface area contributed by atoms with Crippen molar-refractivity contribution in [3.05, 3.63) is 93.2 Å². The summed E-state index contributed by atoms with van der Waals surface area (Å²) in [7, 11) is 0. The lowest BCUT2D eigenvalue weighted by Crippen LogP contribution is -2.15. The van der Waals surface area contributed by atoms with E-state index in [2.05, 4.69) is 15.4 Å². The first-order valence-electron chi connectivity index (χ1n) is 9.70. The summed E-state index contributed by atoms with van der Waals surface area (Å²) in [6.07, 6.45) is 0. The van der Waals surface area contributed by atoms with Crippen molar-refractivity contribution in [2.75, 3.05) is 5.32 Å². The highest BCUT2D eigenvalue weighted by molar-refractivity contribution is 6.42. The maximum absolute atomic E-state index is 13.0. The van der Waals surface area contributed by atoms with E-state index in [1.807, 2.05) is 63.2 Å². The molecule has 1 N–H and O–H groups in total. The molecule has 0 saturated carbocycles. The molecule has 5 nitrogen and oxygen atoms in total. The molecule has 0 radical (unpaired) electrons. The van der Waals surface area contributed by atoms with Gasteiger partial charge in [0.1, 0.15) is 0 Å². The SMILES string of the molecule is Cc1cccc(-c2nc(C(=O)Nc3cccc(C)c3C)nn2-c2ccc(Cl)c(Cl)c2)c1. The van der Waals surface area contributed by atoms with Crippen molar-refractivity contribution in [1.82, 2.24) is 14.8 Å². The second-order valence-corrected chi connectivity index (χ2v) is 8.15. The molecule has 0 aliphatic rings. The van der Waals surface area contributed by atoms with Crippen molar-refractivity contribution in [2.45, 2.75) is 20.8 Å². The van der Waals surface area contributed by atoms with Crippen LogP contribution in [0.15, 0.2) is 60.7 Å². The Morgan fingerprint density at radius 1 is 0.935 bits per heavy atom. The molecule has 0 aliphatic heterocycles. The molecular weight excluding hydrogens is 431 g/mol. The number of halogens is 2. The lowest BCUT2D eigenvalue weighted by Gasteiger charge is -2.08. The van der Waals surface area contributed by atoms with Gasteiger partial charge < -0.3 is 5.32 Å². The molecule has 156 valence electrons. The minimum Gasteiger partial charge on any atom is -0.319 e. The monoisotopic (exact) mass is 450 g/mol. The summed E-state index contributed by atoms with van der Waals surface area (Å²) >= 11 is 12.3. The summed E-state index contributed by atoms with van der Waals surface area (Å²) in [5.41, 5.74) is 5.38. The van der Waals surface area contributed by atoms with Crippen molar-refractivity contribution in [3.8, 4) is 17.1 Å². The van der Waals surface area contributed by atoms with Crippen LogP contribution in [0, 0.1) is 20.8 Å². The van der Waals surface area contributed by atoms with Crippen molar-refractivity contribution in [3.63, 3.8) is 0 Å². The highest BCUT2D eigenvalue weighted by Crippen LogP contribution is 2.28. The number of carbonyl (C=O) groups is 1. The third-order valence-corrected chi connectivity index (χ3v) is 5.83. The minimum atomic E-state index is -0.388. The van der Waals surface area contributed by atoms with Gasteiger partial charge in [0.05, 0.1) is 15.7 Å². The molecule has 0 unspecified atom stereocenters. The first-order chi connectivity index (χ1) is 14.8. The van der Waals surface area contributed by atoms with Gasteiger partial charge in [-0.25, -0.2) is 9.67 Å². The Balaban J connectivity index is 1.80. The van der Waals surface area contributed by atoms with E-state index in [0.29, 0.717) is 21.6 Å². The second kappa shape index (κ2) is 8.53. The number of aryl methyl sites for hydroxylation is 2. The Bertz CT molecular complexity index is 1300. The summed E-state index contributed by atoms with van der Waals surface area (Å²) < 4.78 is 1.61. The van der Waals surface area contributed by atoms with Crippen LogP contribution >= 0.6 is 23.2 Å². The number of nitrogens with one attached hydrogen (secondary N) is 1. The number of amides is 1. The van der Waals surface area contributed by atoms with E-state index < -0.39 is 0 Å². The van der Waals surface area contributed by atoms with Crippen LogP contribution in [0.3, 0.4) is 0 Å². The van der Waals surface area contributed by atoms with Crippen LogP contribution in [0.25, 0.3) is 17.1 Å². The van der Waals surface area contributed by atoms with Crippen LogP contribution in [0.4, 0.5) is 5.69 Å². The van der Waals surface area contributed by atoms with E-state index in [1.54, 1.807) is 22.9 Å². The van der Waals surface area contributed by atoms with Gasteiger partial charge in [-0.2, -0.15) is 0 Å². The third kappa shape index (κ3) is 4.33. The summed E-state index contributed by atoms with van der Waals surface area (Å²) in [6, 6.07) is 18.8. The predicted molar refractivity (Wildman–Crippen MR) is 125 cm³/mol. The summed E-state index contributed by atoms with van der Waals surface area (Å²) in [5.74, 6) is 0.207. The first kappa shape index (κ1) is 21.1. The van der Waals surface area contributed by atoms with Gasteiger partial charge in [-0.15, -0.1) is 5.10 Å². The first-order valence-corrected chi connectivity index (χ1v) is 10.5. The van der Waals surface area contributed by atoms with Crippen LogP contribution in [0.5, 0.6) is 0 Å². The fourth-order valence-corrected chi connectivity index (χ4v) is 3.53. The van der Waals surface area contributed by atoms with Gasteiger partial charge in [0, 0.05) is 11.3 Å². The lowest BCUT2D eigenvalue weighted by molar-refractivity contribution is 0.101. The van der Waals surface area contributed by atoms with Gasteiger partial charge in [-0.3, -0.25) is 4.79 Å². The number of carbonyl (C=O) groups excluding carboxylic acids is 1. The average molecular weight is 451 g/mol. The maximum atomic E-state index is 13.0. The summed E-state index contributed by atoms with van der Waals surface area (Å²) in [5, 5.41) is 8.25. The van der Waals surface area contributed by atoms with Gasteiger partial charge in [0.25, 0.3) is 5.91 Å². The molecule has 1 amide bonds. The molecule has 0 fully saturated rings. The van der Waals surface area contributed by atoms with Crippen LogP contribution in [0.1, 0.15) is 27.3 Å². The van der Waals surface area contributed by atoms with Gasteiger partial charge in [-0.05, 0) is 62.2 Å². The van der Waals surface area contributed by atoms with Gasteiger partial charge in [-0.1, -0.05) is 59.1 Å². The zero-order chi connectivity index (χ0) is 22.1. The predicted octanol–water partition coefficient (Wildman–Crippen LogP) is 6.42. The van der Waals surface area contributed by atoms with Crippen LogP contribution in [-0.4, -0.2) is 20.7 Å². The Hall–Kier alpha value is -3.15. The van der Waals surface area contributed by atoms with Gasteiger partial charge >= 0.3 is 0 Å². The Morgan fingerprint density at radius 3 is 2.45 bits per heavy atom. The number of nitrogens with zero attached hydrogens (tertiary/aromatic N) is 3. The van der Waals surface area contributed by atoms with E-state index in [-0.39, 0.29) is 11.7 Å². The highest BCUT2D eigenvalue weighted by atomic mass is 35.5. The molecule has 4 rings (SSSR count). The molecule has 4 aromatic rings. The molecular formula is C24H20Cl2N4O. The van der Waals surface area contributed by atoms with Crippen molar-refractivity contribution < 1.29 is 4.79 Å². The normalized spacial score (nSPS) is 10.9. The van der Waals surface area contributed by atoms with Gasteiger partial charge in [0.2, 0.25) is 5.82 Å². The molecule has 0 spiro atoms. The van der Waals surface area contributed by atoms with E-state index in [4.69, 9.17) is 23.2 Å². The fourth-order valence-electron chi connectivity index (χ4n) is 3.24. The molecule has 31 heavy (non-hydrogen) atoms. The largest absolute Gasteiger partial charge is 0.319 e. The number of benzene rings is 3. The number of aromatic nitrogens is 3. The maximum Gasteiger partial charge on any atom is 0.295 e. The summed E-state index contributed by atoms with van der Waals surface area (Å²) in [6.45, 7) is 5.96. The van der Waals surface area contributed by atoms with Crippen LogP contribution in [0.2, 0.25) is 10.0 Å². The second-order valence-electron chi connectivity index (χ2n) is 7.34. The molecule has 0 aliphatic carbocycles. The minimum absolute atomic E-state index is 0.0588. The average Bonchev–Trinajstić information content (AvgIpc) is 3.19. The molecule has 0 atom stereocenters. The van der Waals surface area contributed by atoms with Crippen LogP contribution in [-0.2, 0) is 0 Å². The van der Waals surface area contributed by atoms with Crippen molar-refractivity contribution in [1.29, 1.82) is 0 Å². The zero-order valence-electron chi connectivity index (χ0n) is 17.3. The van der Waals surface area contributed by atoms with Crippen LogP contribution < -0.4 is 5.32 Å². The Labute approximate surface area is 190 Å². The molecule has 1 aromatic heterocycles. The molecule has 1 heterocycles.